The average Bonchev–Trinajstić information content (AvgIpc) is 3.98. The van der Waals surface area contributed by atoms with Crippen LogP contribution in [0.15, 0.2) is 30.3 Å². The Morgan fingerprint density at radius 3 is 2.31 bits per heavy atom. The minimum Gasteiger partial charge on any atom is -0.481 e. The molecule has 4 rings (SSSR count). The molecule has 58 heavy (non-hydrogen) atoms. The molecule has 2 aliphatic rings. The molecule has 1 saturated heterocycles. The highest BCUT2D eigenvalue weighted by Crippen LogP contribution is 2.35. The molecule has 2 aromatic rings. The maximum atomic E-state index is 13.8. The molecule has 2 unspecified atom stereocenters. The fraction of sp³-hybridized carbons (Fsp3) is 0.610. The van der Waals surface area contributed by atoms with Gasteiger partial charge in [-0.15, -0.1) is 0 Å². The summed E-state index contributed by atoms with van der Waals surface area (Å²) in [6.45, 7) is 3.05. The summed E-state index contributed by atoms with van der Waals surface area (Å²) in [5.41, 5.74) is 14.1. The number of ether oxygens (including phenoxy) is 2. The molecule has 17 heteroatoms. The summed E-state index contributed by atoms with van der Waals surface area (Å²) in [4.78, 5) is 81.3. The van der Waals surface area contributed by atoms with Crippen LogP contribution >= 0.6 is 0 Å². The summed E-state index contributed by atoms with van der Waals surface area (Å²) in [5, 5.41) is 21.9. The van der Waals surface area contributed by atoms with Crippen molar-refractivity contribution in [2.45, 2.75) is 114 Å². The number of amides is 5. The van der Waals surface area contributed by atoms with Gasteiger partial charge in [0.2, 0.25) is 17.7 Å². The number of benzene rings is 2. The van der Waals surface area contributed by atoms with Crippen molar-refractivity contribution in [1.82, 2.24) is 26.2 Å². The van der Waals surface area contributed by atoms with Gasteiger partial charge < -0.3 is 52.2 Å². The number of rotatable bonds is 27. The number of carboxylic acids is 1. The number of carbonyl (C=O) groups is 6. The van der Waals surface area contributed by atoms with Gasteiger partial charge in [0.1, 0.15) is 12.1 Å². The van der Waals surface area contributed by atoms with Gasteiger partial charge in [0, 0.05) is 87.3 Å². The van der Waals surface area contributed by atoms with Gasteiger partial charge in [0.25, 0.3) is 11.8 Å². The van der Waals surface area contributed by atoms with Crippen molar-refractivity contribution in [2.75, 3.05) is 52.3 Å². The number of hydrogen-bond donors (Lipinski definition) is 7. The first-order valence-corrected chi connectivity index (χ1v) is 20.4. The van der Waals surface area contributed by atoms with Gasteiger partial charge in [0.15, 0.2) is 6.29 Å². The van der Waals surface area contributed by atoms with E-state index in [4.69, 9.17) is 26.0 Å². The number of carbonyl (C=O) groups excluding carboxylic acids is 5. The van der Waals surface area contributed by atoms with E-state index in [-0.39, 0.29) is 63.6 Å². The second-order valence-corrected chi connectivity index (χ2v) is 15.3. The zero-order chi connectivity index (χ0) is 42.4. The van der Waals surface area contributed by atoms with Crippen LogP contribution in [-0.4, -0.2) is 129 Å². The van der Waals surface area contributed by atoms with Crippen molar-refractivity contribution >= 4 is 52.0 Å². The Balaban J connectivity index is 1.42. The standard InChI is InChI=1S/C41H62N8O9/c1-5-6-7-8-11-25(42)24-44-21-18-29(43)37(53)47-31(38(54)45-22-19-30(36-41(57-4)58-36)46-33(50)14-10-15-34(51)52)20-23-49-39(55)27-13-9-12-26-32(48(2)3)17-16-28(35(26)27)40(49)56/h9,12-13,16-17,25,29-31,36,41,44H,5-8,10-11,14-15,18-24,42-43H2,1-4H3,(H,45,54)(H,46,50)(H,47,53)(H,51,52)/t25-,29-,30+,31+,36?,41?/m0/s1. The third-order valence-corrected chi connectivity index (χ3v) is 10.5. The number of nitrogens with one attached hydrogen (secondary N) is 4. The molecule has 17 nitrogen and oxygen atoms in total. The third-order valence-electron chi connectivity index (χ3n) is 10.5. The van der Waals surface area contributed by atoms with Crippen LogP contribution in [0.3, 0.4) is 0 Å². The first-order chi connectivity index (χ1) is 27.8. The van der Waals surface area contributed by atoms with Crippen LogP contribution in [0, 0.1) is 0 Å². The molecular weight excluding hydrogens is 748 g/mol. The van der Waals surface area contributed by atoms with E-state index in [9.17, 15) is 28.8 Å². The highest BCUT2D eigenvalue weighted by Gasteiger charge is 2.46. The monoisotopic (exact) mass is 810 g/mol. The molecule has 320 valence electrons. The summed E-state index contributed by atoms with van der Waals surface area (Å²) in [6, 6.07) is 6.12. The van der Waals surface area contributed by atoms with Crippen LogP contribution in [0.5, 0.6) is 0 Å². The van der Waals surface area contributed by atoms with E-state index in [0.29, 0.717) is 29.6 Å². The van der Waals surface area contributed by atoms with Crippen LogP contribution in [0.25, 0.3) is 10.8 Å². The van der Waals surface area contributed by atoms with E-state index in [2.05, 4.69) is 28.2 Å². The lowest BCUT2D eigenvalue weighted by Gasteiger charge is -2.30. The molecular formula is C41H62N8O9. The van der Waals surface area contributed by atoms with Crippen molar-refractivity contribution in [3.8, 4) is 0 Å². The second kappa shape index (κ2) is 22.5. The fourth-order valence-corrected chi connectivity index (χ4v) is 7.20. The smallest absolute Gasteiger partial charge is 0.303 e. The second-order valence-electron chi connectivity index (χ2n) is 15.3. The van der Waals surface area contributed by atoms with Gasteiger partial charge >= 0.3 is 5.97 Å². The summed E-state index contributed by atoms with van der Waals surface area (Å²) >= 11 is 0. The number of nitrogens with zero attached hydrogens (tertiary/aromatic N) is 2. The number of hydrogen-bond acceptors (Lipinski definition) is 12. The number of imide groups is 1. The van der Waals surface area contributed by atoms with Crippen molar-refractivity contribution in [3.05, 3.63) is 41.5 Å². The topological polar surface area (TPSA) is 251 Å². The number of anilines is 1. The number of methoxy groups -OCH3 is 1. The SMILES string of the molecule is CCCCCC[C@H](N)CNCC[C@H](N)C(=O)N[C@H](CCN1C(=O)c2cccc3c(N(C)C)ccc(c23)C1=O)C(=O)NCC[C@@H](NC(=O)CCCC(=O)O)C1OC1OC. The Hall–Kier alpha value is -4.68. The lowest BCUT2D eigenvalue weighted by atomic mass is 9.92. The Morgan fingerprint density at radius 2 is 1.64 bits per heavy atom. The minimum atomic E-state index is -1.18. The van der Waals surface area contributed by atoms with E-state index in [1.54, 1.807) is 18.2 Å². The molecule has 0 spiro atoms. The Kier molecular flexibility index (Phi) is 17.8. The molecule has 2 aliphatic heterocycles. The van der Waals surface area contributed by atoms with Crippen molar-refractivity contribution in [3.63, 3.8) is 0 Å². The molecule has 0 bridgehead atoms. The predicted molar refractivity (Wildman–Crippen MR) is 219 cm³/mol. The zero-order valence-corrected chi connectivity index (χ0v) is 34.2. The maximum absolute atomic E-state index is 13.8. The van der Waals surface area contributed by atoms with E-state index in [1.807, 2.05) is 31.1 Å². The van der Waals surface area contributed by atoms with Gasteiger partial charge in [-0.05, 0) is 56.8 Å². The summed E-state index contributed by atoms with van der Waals surface area (Å²) < 4.78 is 10.8. The summed E-state index contributed by atoms with van der Waals surface area (Å²) in [5.74, 6) is -3.52. The van der Waals surface area contributed by atoms with Crippen molar-refractivity contribution in [1.29, 1.82) is 0 Å². The van der Waals surface area contributed by atoms with Gasteiger partial charge in [-0.1, -0.05) is 44.7 Å². The third kappa shape index (κ3) is 12.9. The average molecular weight is 811 g/mol. The summed E-state index contributed by atoms with van der Waals surface area (Å²) in [6.07, 6.45) is 4.82. The van der Waals surface area contributed by atoms with Crippen molar-refractivity contribution < 1.29 is 43.3 Å². The highest BCUT2D eigenvalue weighted by molar-refractivity contribution is 6.26. The predicted octanol–water partition coefficient (Wildman–Crippen LogP) is 1.60. The molecule has 9 N–H and O–H groups in total. The molecule has 0 radical (unpaired) electrons. The van der Waals surface area contributed by atoms with Crippen LogP contribution < -0.4 is 37.6 Å². The van der Waals surface area contributed by atoms with Gasteiger partial charge in [-0.25, -0.2) is 0 Å². The molecule has 1 fully saturated rings. The summed E-state index contributed by atoms with van der Waals surface area (Å²) in [7, 11) is 5.23. The molecule has 5 amide bonds. The molecule has 2 heterocycles. The van der Waals surface area contributed by atoms with E-state index < -0.39 is 60.1 Å². The maximum Gasteiger partial charge on any atom is 0.303 e. The van der Waals surface area contributed by atoms with E-state index in [0.717, 1.165) is 41.7 Å². The largest absolute Gasteiger partial charge is 0.481 e. The number of carboxylic acid groups (broad SMARTS) is 1. The number of aliphatic carboxylic acids is 1. The first-order valence-electron chi connectivity index (χ1n) is 20.4. The number of epoxide rings is 1. The first kappa shape index (κ1) is 46.0. The van der Waals surface area contributed by atoms with E-state index in [1.165, 1.54) is 13.5 Å². The quantitative estimate of drug-likeness (QED) is 0.0385. The lowest BCUT2D eigenvalue weighted by molar-refractivity contribution is -0.137. The Labute approximate surface area is 340 Å². The lowest BCUT2D eigenvalue weighted by Crippen LogP contribution is -2.54. The Morgan fingerprint density at radius 1 is 0.897 bits per heavy atom. The van der Waals surface area contributed by atoms with Crippen LogP contribution in [0.2, 0.25) is 0 Å². The molecule has 6 atom stereocenters. The molecule has 0 aromatic heterocycles. The molecule has 2 aromatic carbocycles. The minimum absolute atomic E-state index is 0.001000. The van der Waals surface area contributed by atoms with Crippen LogP contribution in [0.1, 0.15) is 98.3 Å². The highest BCUT2D eigenvalue weighted by atomic mass is 16.8. The molecule has 0 aliphatic carbocycles. The zero-order valence-electron chi connectivity index (χ0n) is 34.2. The Bertz CT molecular complexity index is 1740. The molecule has 0 saturated carbocycles. The van der Waals surface area contributed by atoms with Gasteiger partial charge in [-0.2, -0.15) is 0 Å². The normalized spacial score (nSPS) is 18.0. The number of nitrogens with two attached hydrogens (primary N) is 2. The van der Waals surface area contributed by atoms with Crippen molar-refractivity contribution in [2.24, 2.45) is 11.5 Å². The fourth-order valence-electron chi connectivity index (χ4n) is 7.20. The van der Waals surface area contributed by atoms with Gasteiger partial charge in [-0.3, -0.25) is 33.7 Å². The van der Waals surface area contributed by atoms with Gasteiger partial charge in [0.05, 0.1) is 12.1 Å². The van der Waals surface area contributed by atoms with E-state index >= 15 is 0 Å². The van der Waals surface area contributed by atoms with Crippen LogP contribution in [-0.2, 0) is 28.7 Å². The number of unbranched alkanes of at least 4 members (excludes halogenated alkanes) is 3. The van der Waals surface area contributed by atoms with Crippen LogP contribution in [0.4, 0.5) is 5.69 Å².